The summed E-state index contributed by atoms with van der Waals surface area (Å²) >= 11 is 7.32. The van der Waals surface area contributed by atoms with Crippen LogP contribution in [0.25, 0.3) is 0 Å². The smallest absolute Gasteiger partial charge is 0.123 e. The summed E-state index contributed by atoms with van der Waals surface area (Å²) in [5, 5.41) is 10.2. The fourth-order valence-electron chi connectivity index (χ4n) is 2.97. The zero-order chi connectivity index (χ0) is 18.8. The van der Waals surface area contributed by atoms with Crippen molar-refractivity contribution in [1.82, 2.24) is 4.90 Å². The first-order valence-electron chi connectivity index (χ1n) is 9.02. The number of thioether (sulfide) groups is 1. The Balaban J connectivity index is 1.78. The highest BCUT2D eigenvalue weighted by Crippen LogP contribution is 2.22. The Bertz CT molecular complexity index is 606. The Kier molecular flexibility index (Phi) is 9.29. The zero-order valence-corrected chi connectivity index (χ0v) is 16.5. The molecule has 0 spiro atoms. The van der Waals surface area contributed by atoms with Crippen LogP contribution in [-0.4, -0.2) is 51.5 Å². The van der Waals surface area contributed by atoms with Crippen LogP contribution in [0.1, 0.15) is 31.2 Å². The van der Waals surface area contributed by atoms with Gasteiger partial charge in [-0.2, -0.15) is 11.8 Å². The molecule has 1 aromatic rings. The molecule has 3 nitrogen and oxygen atoms in total. The molecule has 1 N–H and O–H groups in total. The normalized spacial score (nSPS) is 18.6. The topological polar surface area (TPSA) is 40.5 Å². The quantitative estimate of drug-likeness (QED) is 0.267. The second-order valence-corrected chi connectivity index (χ2v) is 8.09. The van der Waals surface area contributed by atoms with Crippen molar-refractivity contribution in [3.8, 4) is 0 Å². The number of aliphatic hydroxyl groups is 1. The molecule has 0 aromatic heterocycles. The Morgan fingerprint density at radius 2 is 2.12 bits per heavy atom. The molecule has 0 bridgehead atoms. The zero-order valence-electron chi connectivity index (χ0n) is 14.9. The van der Waals surface area contributed by atoms with Crippen LogP contribution in [0.15, 0.2) is 36.4 Å². The molecule has 0 saturated carbocycles. The predicted molar refractivity (Wildman–Crippen MR) is 110 cm³/mol. The van der Waals surface area contributed by atoms with Crippen LogP contribution in [0.2, 0.25) is 0 Å². The van der Waals surface area contributed by atoms with E-state index in [-0.39, 0.29) is 11.9 Å². The minimum Gasteiger partial charge on any atom is -0.389 e. The maximum atomic E-state index is 12.9. The number of aldehydes is 1. The lowest BCUT2D eigenvalue weighted by molar-refractivity contribution is -0.107. The summed E-state index contributed by atoms with van der Waals surface area (Å²) in [5.74, 6) is 1.72. The summed E-state index contributed by atoms with van der Waals surface area (Å²) in [5.41, 5.74) is 0.911. The van der Waals surface area contributed by atoms with Crippen molar-refractivity contribution in [1.29, 1.82) is 0 Å². The van der Waals surface area contributed by atoms with Crippen molar-refractivity contribution in [2.24, 2.45) is 0 Å². The van der Waals surface area contributed by atoms with Crippen molar-refractivity contribution in [3.63, 3.8) is 0 Å². The van der Waals surface area contributed by atoms with E-state index in [1.54, 1.807) is 12.1 Å². The van der Waals surface area contributed by atoms with E-state index in [9.17, 15) is 14.3 Å². The summed E-state index contributed by atoms with van der Waals surface area (Å²) in [6, 6.07) is 6.46. The van der Waals surface area contributed by atoms with Crippen LogP contribution in [0.5, 0.6) is 0 Å². The van der Waals surface area contributed by atoms with Gasteiger partial charge in [-0.05, 0) is 36.3 Å². The number of hydrogen-bond acceptors (Lipinski definition) is 4. The van der Waals surface area contributed by atoms with Gasteiger partial charge in [0.25, 0.3) is 0 Å². The van der Waals surface area contributed by atoms with Gasteiger partial charge in [-0.15, -0.1) is 0 Å². The van der Waals surface area contributed by atoms with Gasteiger partial charge in [0.05, 0.1) is 11.1 Å². The molecule has 2 rings (SSSR count). The van der Waals surface area contributed by atoms with Gasteiger partial charge >= 0.3 is 0 Å². The number of halogens is 1. The van der Waals surface area contributed by atoms with E-state index < -0.39 is 6.10 Å². The fourth-order valence-corrected chi connectivity index (χ4v) is 4.21. The molecule has 1 heterocycles. The third-order valence-corrected chi connectivity index (χ3v) is 5.86. The number of aliphatic hydroxyl groups excluding tert-OH is 1. The molecule has 142 valence electrons. The second-order valence-electron chi connectivity index (χ2n) is 6.40. The molecule has 1 aromatic carbocycles. The highest BCUT2D eigenvalue weighted by atomic mass is 32.2. The predicted octanol–water partition coefficient (Wildman–Crippen LogP) is 3.79. The van der Waals surface area contributed by atoms with Crippen LogP contribution >= 0.6 is 24.0 Å². The monoisotopic (exact) mass is 395 g/mol. The van der Waals surface area contributed by atoms with E-state index in [1.165, 1.54) is 12.1 Å². The lowest BCUT2D eigenvalue weighted by Gasteiger charge is -2.24. The maximum absolute atomic E-state index is 12.9. The van der Waals surface area contributed by atoms with E-state index in [1.807, 2.05) is 23.9 Å². The van der Waals surface area contributed by atoms with Crippen molar-refractivity contribution < 1.29 is 14.3 Å². The third kappa shape index (κ3) is 7.17. The third-order valence-electron chi connectivity index (χ3n) is 4.38. The number of carbonyl (C=O) groups is 1. The van der Waals surface area contributed by atoms with Gasteiger partial charge in [0.2, 0.25) is 0 Å². The highest BCUT2D eigenvalue weighted by molar-refractivity contribution is 7.99. The molecular weight excluding hydrogens is 369 g/mol. The molecular formula is C20H26FNO2S2. The first-order chi connectivity index (χ1) is 12.6. The average Bonchev–Trinajstić information content (AvgIpc) is 2.98. The fraction of sp³-hybridized carbons (Fsp3) is 0.500. The van der Waals surface area contributed by atoms with Crippen LogP contribution in [0, 0.1) is 5.82 Å². The van der Waals surface area contributed by atoms with Gasteiger partial charge < -0.3 is 14.8 Å². The number of likely N-dealkylation sites (tertiary alicyclic amines) is 1. The summed E-state index contributed by atoms with van der Waals surface area (Å²) in [6.45, 7) is 0.896. The number of benzene rings is 1. The second kappa shape index (κ2) is 11.5. The minimum atomic E-state index is -0.589. The molecule has 1 aliphatic heterocycles. The molecule has 1 aliphatic rings. The SMILES string of the molecule is O=CCCCSCCN1C(=S)CC[C@@H]1/C=C/[C@@H](O)Cc1ccc(F)cc1. The number of unbranched alkanes of at least 4 members (excludes halogenated alkanes) is 1. The first-order valence-corrected chi connectivity index (χ1v) is 10.6. The number of carbonyl (C=O) groups excluding carboxylic acids is 1. The van der Waals surface area contributed by atoms with Crippen LogP contribution in [0.3, 0.4) is 0 Å². The van der Waals surface area contributed by atoms with E-state index in [0.717, 1.165) is 54.2 Å². The van der Waals surface area contributed by atoms with Crippen molar-refractivity contribution in [2.45, 2.75) is 44.2 Å². The van der Waals surface area contributed by atoms with Gasteiger partial charge in [-0.3, -0.25) is 0 Å². The summed E-state index contributed by atoms with van der Waals surface area (Å²) in [4.78, 5) is 13.5. The molecule has 0 aliphatic carbocycles. The Morgan fingerprint density at radius 1 is 1.35 bits per heavy atom. The summed E-state index contributed by atoms with van der Waals surface area (Å²) < 4.78 is 12.9. The van der Waals surface area contributed by atoms with E-state index in [2.05, 4.69) is 4.90 Å². The number of hydrogen-bond donors (Lipinski definition) is 1. The van der Waals surface area contributed by atoms with E-state index in [4.69, 9.17) is 12.2 Å². The Labute approximate surface area is 164 Å². The number of thiocarbonyl (C=S) groups is 1. The Morgan fingerprint density at radius 3 is 2.85 bits per heavy atom. The molecule has 0 unspecified atom stereocenters. The largest absolute Gasteiger partial charge is 0.389 e. The molecule has 6 heteroatoms. The standard InChI is InChI=1S/C20H26FNO2S2/c21-17-5-3-16(4-6-17)15-19(24)9-7-18-8-10-20(25)22(18)11-14-26-13-2-1-12-23/h3-7,9,12,18-19,24H,1-2,8,10-11,13-15H2/b9-7+/t18-,19+/m0/s1. The molecule has 26 heavy (non-hydrogen) atoms. The van der Waals surface area contributed by atoms with Crippen molar-refractivity contribution in [2.75, 3.05) is 18.1 Å². The maximum Gasteiger partial charge on any atom is 0.123 e. The minimum absolute atomic E-state index is 0.237. The number of rotatable bonds is 11. The van der Waals surface area contributed by atoms with E-state index >= 15 is 0 Å². The highest BCUT2D eigenvalue weighted by Gasteiger charge is 2.25. The van der Waals surface area contributed by atoms with Gasteiger partial charge in [-0.1, -0.05) is 36.5 Å². The van der Waals surface area contributed by atoms with Gasteiger partial charge in [0.1, 0.15) is 12.1 Å². The van der Waals surface area contributed by atoms with Crippen LogP contribution in [-0.2, 0) is 11.2 Å². The van der Waals surface area contributed by atoms with Crippen LogP contribution < -0.4 is 0 Å². The molecule has 0 amide bonds. The average molecular weight is 396 g/mol. The molecule has 2 atom stereocenters. The van der Waals surface area contributed by atoms with Gasteiger partial charge in [0, 0.05) is 37.6 Å². The molecule has 1 fully saturated rings. The van der Waals surface area contributed by atoms with Crippen molar-refractivity contribution in [3.05, 3.63) is 47.8 Å². The van der Waals surface area contributed by atoms with Gasteiger partial charge in [0.15, 0.2) is 0 Å². The Hall–Kier alpha value is -1.24. The summed E-state index contributed by atoms with van der Waals surface area (Å²) in [7, 11) is 0. The van der Waals surface area contributed by atoms with Crippen LogP contribution in [0.4, 0.5) is 4.39 Å². The lowest BCUT2D eigenvalue weighted by Crippen LogP contribution is -2.33. The van der Waals surface area contributed by atoms with Gasteiger partial charge in [-0.25, -0.2) is 4.39 Å². The lowest BCUT2D eigenvalue weighted by atomic mass is 10.1. The van der Waals surface area contributed by atoms with E-state index in [0.29, 0.717) is 12.8 Å². The number of nitrogens with zero attached hydrogens (tertiary/aromatic N) is 1. The first kappa shape index (κ1) is 21.1. The molecule has 0 radical (unpaired) electrons. The van der Waals surface area contributed by atoms with Crippen molar-refractivity contribution >= 4 is 35.3 Å². The molecule has 1 saturated heterocycles. The summed E-state index contributed by atoms with van der Waals surface area (Å²) in [6.07, 6.45) is 8.17.